The molecule has 1 N–H and O–H groups in total. The van der Waals surface area contributed by atoms with Crippen molar-refractivity contribution in [3.8, 4) is 0 Å². The fourth-order valence-electron chi connectivity index (χ4n) is 0.803. The summed E-state index contributed by atoms with van der Waals surface area (Å²) in [5, 5.41) is 3.07. The van der Waals surface area contributed by atoms with Gasteiger partial charge in [0.1, 0.15) is 5.84 Å². The Kier molecular flexibility index (Phi) is 1.88. The summed E-state index contributed by atoms with van der Waals surface area (Å²) in [6.07, 6.45) is 4.99. The summed E-state index contributed by atoms with van der Waals surface area (Å²) in [5.74, 6) is 1.09. The van der Waals surface area contributed by atoms with Gasteiger partial charge >= 0.3 is 0 Å². The van der Waals surface area contributed by atoms with Gasteiger partial charge in [-0.25, -0.2) is 0 Å². The molecule has 0 bridgehead atoms. The third-order valence-electron chi connectivity index (χ3n) is 1.32. The third-order valence-corrected chi connectivity index (χ3v) is 1.32. The lowest BCUT2D eigenvalue weighted by Gasteiger charge is -2.11. The first-order valence-electron chi connectivity index (χ1n) is 3.33. The van der Waals surface area contributed by atoms with Crippen molar-refractivity contribution in [2.24, 2.45) is 4.99 Å². The van der Waals surface area contributed by atoms with E-state index in [4.69, 9.17) is 0 Å². The lowest BCUT2D eigenvalue weighted by molar-refractivity contribution is 0.869. The summed E-state index contributed by atoms with van der Waals surface area (Å²) < 4.78 is 0. The smallest absolute Gasteiger partial charge is 0.101 e. The van der Waals surface area contributed by atoms with Crippen molar-refractivity contribution in [1.82, 2.24) is 5.32 Å². The summed E-state index contributed by atoms with van der Waals surface area (Å²) in [4.78, 5) is 4.32. The molecule has 0 aliphatic carbocycles. The van der Waals surface area contributed by atoms with E-state index in [0.29, 0.717) is 6.04 Å². The number of amidine groups is 1. The summed E-state index contributed by atoms with van der Waals surface area (Å²) in [6, 6.07) is 0.362. The zero-order valence-electron chi connectivity index (χ0n) is 5.89. The molecule has 0 aromatic rings. The van der Waals surface area contributed by atoms with Gasteiger partial charge < -0.3 is 5.32 Å². The maximum Gasteiger partial charge on any atom is 0.101 e. The predicted octanol–water partition coefficient (Wildman–Crippen LogP) is 1.30. The quantitative estimate of drug-likeness (QED) is 0.559. The zero-order chi connectivity index (χ0) is 6.69. The van der Waals surface area contributed by atoms with Crippen LogP contribution in [0.3, 0.4) is 0 Å². The summed E-state index contributed by atoms with van der Waals surface area (Å²) in [6.45, 7) is 4.17. The van der Waals surface area contributed by atoms with Gasteiger partial charge in [0.25, 0.3) is 0 Å². The Morgan fingerprint density at radius 2 is 2.56 bits per heavy atom. The Bertz CT molecular complexity index is 147. The van der Waals surface area contributed by atoms with Crippen LogP contribution in [-0.4, -0.2) is 11.9 Å². The fraction of sp³-hybridized carbons (Fsp3) is 0.571. The van der Waals surface area contributed by atoms with Crippen molar-refractivity contribution in [2.75, 3.05) is 0 Å². The molecule has 0 fully saturated rings. The highest BCUT2D eigenvalue weighted by molar-refractivity contribution is 5.83. The Morgan fingerprint density at radius 1 is 1.78 bits per heavy atom. The number of hydrogen-bond donors (Lipinski definition) is 1. The Morgan fingerprint density at radius 3 is 3.00 bits per heavy atom. The van der Waals surface area contributed by atoms with Crippen molar-refractivity contribution in [1.29, 1.82) is 0 Å². The standard InChI is InChI=1S/C7H12N2/c1-3-7-8-5-4-6(2)9-7/h4-6H,3H2,1-2H3,(H,8,9). The van der Waals surface area contributed by atoms with Crippen LogP contribution < -0.4 is 5.32 Å². The molecule has 0 aromatic heterocycles. The third kappa shape index (κ3) is 1.56. The molecule has 1 aliphatic rings. The van der Waals surface area contributed by atoms with Crippen molar-refractivity contribution in [3.05, 3.63) is 12.3 Å². The molecule has 1 atom stereocenters. The van der Waals surface area contributed by atoms with Gasteiger partial charge in [0.2, 0.25) is 0 Å². The summed E-state index contributed by atoms with van der Waals surface area (Å²) >= 11 is 0. The van der Waals surface area contributed by atoms with E-state index in [9.17, 15) is 0 Å². The topological polar surface area (TPSA) is 24.4 Å². The van der Waals surface area contributed by atoms with E-state index >= 15 is 0 Å². The average molecular weight is 124 g/mol. The van der Waals surface area contributed by atoms with Gasteiger partial charge in [-0.2, -0.15) is 0 Å². The van der Waals surface area contributed by atoms with Crippen LogP contribution in [0.25, 0.3) is 0 Å². The molecule has 0 aromatic carbocycles. The van der Waals surface area contributed by atoms with Crippen molar-refractivity contribution in [2.45, 2.75) is 26.3 Å². The molecule has 0 saturated carbocycles. The molecule has 1 heterocycles. The molecule has 9 heavy (non-hydrogen) atoms. The normalized spacial score (nSPS) is 25.1. The molecule has 1 unspecified atom stereocenters. The van der Waals surface area contributed by atoms with E-state index in [1.54, 1.807) is 0 Å². The second-order valence-corrected chi connectivity index (χ2v) is 2.17. The molecule has 0 saturated heterocycles. The molecular formula is C7H12N2. The Labute approximate surface area is 55.7 Å². The second kappa shape index (κ2) is 2.67. The lowest BCUT2D eigenvalue weighted by atomic mass is 10.3. The highest BCUT2D eigenvalue weighted by atomic mass is 15.0. The highest BCUT2D eigenvalue weighted by Gasteiger charge is 2.00. The van der Waals surface area contributed by atoms with Crippen LogP contribution in [0.4, 0.5) is 0 Å². The van der Waals surface area contributed by atoms with E-state index in [1.807, 2.05) is 12.3 Å². The van der Waals surface area contributed by atoms with Gasteiger partial charge in [0.15, 0.2) is 0 Å². The van der Waals surface area contributed by atoms with E-state index in [-0.39, 0.29) is 0 Å². The van der Waals surface area contributed by atoms with Gasteiger partial charge in [0, 0.05) is 12.6 Å². The molecule has 0 radical (unpaired) electrons. The van der Waals surface area contributed by atoms with Crippen LogP contribution >= 0.6 is 0 Å². The van der Waals surface area contributed by atoms with Gasteiger partial charge in [0.05, 0.1) is 6.04 Å². The first-order valence-corrected chi connectivity index (χ1v) is 3.33. The molecule has 1 rings (SSSR count). The van der Waals surface area contributed by atoms with Gasteiger partial charge in [-0.1, -0.05) is 6.92 Å². The first-order chi connectivity index (χ1) is 4.33. The highest BCUT2D eigenvalue weighted by Crippen LogP contribution is 1.98. The minimum Gasteiger partial charge on any atom is -0.351 e. The van der Waals surface area contributed by atoms with Crippen LogP contribution in [0.5, 0.6) is 0 Å². The monoisotopic (exact) mass is 124 g/mol. The van der Waals surface area contributed by atoms with Crippen molar-refractivity contribution in [3.63, 3.8) is 0 Å². The predicted molar refractivity (Wildman–Crippen MR) is 39.5 cm³/mol. The molecule has 50 valence electrons. The van der Waals surface area contributed by atoms with Crippen LogP contribution in [0.15, 0.2) is 17.3 Å². The van der Waals surface area contributed by atoms with Gasteiger partial charge in [-0.15, -0.1) is 0 Å². The molecule has 2 heteroatoms. The van der Waals surface area contributed by atoms with Gasteiger partial charge in [-0.3, -0.25) is 4.99 Å². The number of nitrogens with one attached hydrogen (secondary N) is 1. The number of rotatable bonds is 1. The number of aliphatic imine (C=N–C) groups is 1. The van der Waals surface area contributed by atoms with Crippen LogP contribution in [-0.2, 0) is 0 Å². The second-order valence-electron chi connectivity index (χ2n) is 2.17. The maximum atomic E-state index is 4.32. The van der Waals surface area contributed by atoms with E-state index < -0.39 is 0 Å². The lowest BCUT2D eigenvalue weighted by Crippen LogP contribution is -2.22. The number of hydrogen-bond acceptors (Lipinski definition) is 2. The van der Waals surface area contributed by atoms with Crippen molar-refractivity contribution < 1.29 is 0 Å². The summed E-state index contributed by atoms with van der Waals surface area (Å²) in [7, 11) is 0. The van der Waals surface area contributed by atoms with Crippen LogP contribution in [0, 0.1) is 0 Å². The Hall–Kier alpha value is -0.790. The molecular weight excluding hydrogens is 112 g/mol. The largest absolute Gasteiger partial charge is 0.351 e. The molecule has 1 aliphatic heterocycles. The maximum absolute atomic E-state index is 4.32. The molecule has 0 spiro atoms. The number of nitrogens with zero attached hydrogens (tertiary/aromatic N) is 1. The minimum absolute atomic E-state index is 0.362. The van der Waals surface area contributed by atoms with Crippen LogP contribution in [0.1, 0.15) is 20.3 Å². The SMILES string of the molecule is CCC1=NC(C)C=CN1. The van der Waals surface area contributed by atoms with E-state index in [1.165, 1.54) is 0 Å². The molecule has 2 nitrogen and oxygen atoms in total. The van der Waals surface area contributed by atoms with E-state index in [2.05, 4.69) is 24.2 Å². The van der Waals surface area contributed by atoms with E-state index in [0.717, 1.165) is 12.3 Å². The van der Waals surface area contributed by atoms with Gasteiger partial charge in [-0.05, 0) is 13.0 Å². The fourth-order valence-corrected chi connectivity index (χ4v) is 0.803. The average Bonchev–Trinajstić information content (AvgIpc) is 1.88. The van der Waals surface area contributed by atoms with Crippen LogP contribution in [0.2, 0.25) is 0 Å². The Balaban J connectivity index is 2.55. The van der Waals surface area contributed by atoms with Crippen molar-refractivity contribution >= 4 is 5.84 Å². The zero-order valence-corrected chi connectivity index (χ0v) is 5.89. The minimum atomic E-state index is 0.362. The summed E-state index contributed by atoms with van der Waals surface area (Å²) in [5.41, 5.74) is 0. The molecule has 0 amide bonds. The first kappa shape index (κ1) is 6.33.